The van der Waals surface area contributed by atoms with Gasteiger partial charge >= 0.3 is 0 Å². The van der Waals surface area contributed by atoms with Crippen molar-refractivity contribution in [3.8, 4) is 44.5 Å². The van der Waals surface area contributed by atoms with E-state index >= 15 is 0 Å². The highest BCUT2D eigenvalue weighted by Crippen LogP contribution is 2.57. The van der Waals surface area contributed by atoms with Gasteiger partial charge in [0.05, 0.1) is 5.69 Å². The van der Waals surface area contributed by atoms with Crippen LogP contribution in [0.3, 0.4) is 0 Å². The molecule has 3 aliphatic rings. The van der Waals surface area contributed by atoms with Crippen LogP contribution in [-0.4, -0.2) is 0 Å². The Morgan fingerprint density at radius 1 is 0.463 bits per heavy atom. The Morgan fingerprint density at radius 2 is 1.17 bits per heavy atom. The first kappa shape index (κ1) is 30.3. The summed E-state index contributed by atoms with van der Waals surface area (Å²) in [6.45, 7) is 0. The van der Waals surface area contributed by atoms with Crippen molar-refractivity contribution in [2.24, 2.45) is 0 Å². The molecule has 54 heavy (non-hydrogen) atoms. The van der Waals surface area contributed by atoms with E-state index in [9.17, 15) is 0 Å². The number of hydrogen-bond acceptors (Lipinski definition) is 2. The number of aryl methyl sites for hydroxylation is 1. The minimum atomic E-state index is 0.374. The number of thiophene rings is 1. The Bertz CT molecular complexity index is 2980. The van der Waals surface area contributed by atoms with Crippen molar-refractivity contribution in [1.82, 2.24) is 0 Å². The third kappa shape index (κ3) is 4.44. The van der Waals surface area contributed by atoms with Crippen molar-refractivity contribution in [3.63, 3.8) is 0 Å². The van der Waals surface area contributed by atoms with E-state index in [-0.39, 0.29) is 0 Å². The normalized spacial score (nSPS) is 14.6. The van der Waals surface area contributed by atoms with Gasteiger partial charge in [-0.1, -0.05) is 127 Å². The molecule has 0 spiro atoms. The number of benzene rings is 8. The molecule has 0 amide bonds. The quantitative estimate of drug-likeness (QED) is 0.176. The van der Waals surface area contributed by atoms with Crippen LogP contribution in [0.15, 0.2) is 170 Å². The summed E-state index contributed by atoms with van der Waals surface area (Å²) in [5, 5.41) is 2.68. The summed E-state index contributed by atoms with van der Waals surface area (Å²) in [6.07, 6.45) is 3.17. The first-order chi connectivity index (χ1) is 26.8. The van der Waals surface area contributed by atoms with Crippen LogP contribution < -0.4 is 4.90 Å². The van der Waals surface area contributed by atoms with E-state index in [0.717, 1.165) is 24.9 Å². The standard InChI is InChI=1S/C52H35NS/c1-4-12-40-33(9-1)20-26-45-41-13-5-6-14-42(41)46-27-28-48(52(40)51(45)46)53(38-24-19-36-29-35-10-2-3-11-39(35)47(36)31-38)37-22-17-32(18-23-37)34-21-25-44-43-15-7-8-16-49(43)54-50(44)30-34/h1-19,21-25,27-28,30-31,45H,20,26,29H2. The molecule has 254 valence electrons. The summed E-state index contributed by atoms with van der Waals surface area (Å²) in [7, 11) is 0. The largest absolute Gasteiger partial charge is 0.310 e. The maximum Gasteiger partial charge on any atom is 0.0543 e. The van der Waals surface area contributed by atoms with Gasteiger partial charge in [0.15, 0.2) is 0 Å². The van der Waals surface area contributed by atoms with Crippen molar-refractivity contribution in [3.05, 3.63) is 198 Å². The van der Waals surface area contributed by atoms with Crippen LogP contribution in [0, 0.1) is 0 Å². The molecule has 1 nitrogen and oxygen atoms in total. The Balaban J connectivity index is 1.06. The van der Waals surface area contributed by atoms with Crippen LogP contribution in [0.1, 0.15) is 40.2 Å². The number of anilines is 3. The van der Waals surface area contributed by atoms with Crippen LogP contribution in [-0.2, 0) is 12.8 Å². The number of nitrogens with zero attached hydrogens (tertiary/aromatic N) is 1. The fraction of sp³-hybridized carbons (Fsp3) is 0.0769. The van der Waals surface area contributed by atoms with E-state index in [1.165, 1.54) is 104 Å². The molecule has 1 unspecified atom stereocenters. The third-order valence-corrected chi connectivity index (χ3v) is 13.4. The lowest BCUT2D eigenvalue weighted by Crippen LogP contribution is -2.13. The van der Waals surface area contributed by atoms with Crippen LogP contribution in [0.2, 0.25) is 0 Å². The van der Waals surface area contributed by atoms with E-state index in [1.54, 1.807) is 0 Å². The Kier molecular flexibility index (Phi) is 6.52. The topological polar surface area (TPSA) is 3.24 Å². The SMILES string of the molecule is c1ccc2c(c1)Cc1ccc(N(c3ccc(-c4ccc5c(c4)sc4ccccc45)cc3)c3ccc4c5c3-c3ccccc3CCC5c3ccccc3-4)cc1-2. The smallest absolute Gasteiger partial charge is 0.0543 e. The average molecular weight is 706 g/mol. The molecular weight excluding hydrogens is 671 g/mol. The fourth-order valence-corrected chi connectivity index (χ4v) is 11.0. The lowest BCUT2D eigenvalue weighted by Gasteiger charge is -2.30. The first-order valence-electron chi connectivity index (χ1n) is 19.1. The molecule has 9 aromatic rings. The second kappa shape index (κ2) is 11.6. The van der Waals surface area contributed by atoms with Crippen LogP contribution in [0.25, 0.3) is 64.7 Å². The first-order valence-corrected chi connectivity index (χ1v) is 20.0. The Labute approximate surface area is 319 Å². The lowest BCUT2D eigenvalue weighted by molar-refractivity contribution is 0.740. The molecule has 1 aromatic heterocycles. The number of rotatable bonds is 4. The zero-order valence-electron chi connectivity index (χ0n) is 29.7. The zero-order valence-corrected chi connectivity index (χ0v) is 30.5. The second-order valence-electron chi connectivity index (χ2n) is 15.1. The second-order valence-corrected chi connectivity index (χ2v) is 16.2. The molecular formula is C52H35NS. The van der Waals surface area contributed by atoms with Gasteiger partial charge < -0.3 is 4.90 Å². The molecule has 0 saturated heterocycles. The molecule has 0 N–H and O–H groups in total. The van der Waals surface area contributed by atoms with Gasteiger partial charge in [0, 0.05) is 43.0 Å². The van der Waals surface area contributed by atoms with Gasteiger partial charge in [0.1, 0.15) is 0 Å². The third-order valence-electron chi connectivity index (χ3n) is 12.3. The van der Waals surface area contributed by atoms with Crippen molar-refractivity contribution in [2.75, 3.05) is 4.90 Å². The van der Waals surface area contributed by atoms with Gasteiger partial charge in [-0.2, -0.15) is 0 Å². The molecule has 0 bridgehead atoms. The molecule has 0 saturated carbocycles. The molecule has 1 atom stereocenters. The van der Waals surface area contributed by atoms with Crippen molar-refractivity contribution < 1.29 is 0 Å². The molecule has 0 radical (unpaired) electrons. The molecule has 0 aliphatic heterocycles. The van der Waals surface area contributed by atoms with E-state index in [2.05, 4.69) is 175 Å². The molecule has 8 aromatic carbocycles. The van der Waals surface area contributed by atoms with Crippen LogP contribution >= 0.6 is 11.3 Å². The summed E-state index contributed by atoms with van der Waals surface area (Å²) >= 11 is 1.88. The summed E-state index contributed by atoms with van der Waals surface area (Å²) in [6, 6.07) is 64.2. The highest BCUT2D eigenvalue weighted by molar-refractivity contribution is 7.25. The number of hydrogen-bond donors (Lipinski definition) is 0. The highest BCUT2D eigenvalue weighted by Gasteiger charge is 2.36. The Morgan fingerprint density at radius 3 is 2.07 bits per heavy atom. The zero-order chi connectivity index (χ0) is 35.3. The molecule has 3 aliphatic carbocycles. The van der Waals surface area contributed by atoms with E-state index in [1.807, 2.05) is 11.3 Å². The maximum absolute atomic E-state index is 2.54. The van der Waals surface area contributed by atoms with Gasteiger partial charge in [-0.3, -0.25) is 0 Å². The van der Waals surface area contributed by atoms with Gasteiger partial charge in [-0.25, -0.2) is 0 Å². The lowest BCUT2D eigenvalue weighted by atomic mass is 9.88. The minimum absolute atomic E-state index is 0.374. The fourth-order valence-electron chi connectivity index (χ4n) is 9.84. The van der Waals surface area contributed by atoms with Gasteiger partial charge in [-0.05, 0) is 128 Å². The van der Waals surface area contributed by atoms with E-state index in [4.69, 9.17) is 0 Å². The molecule has 12 rings (SSSR count). The molecule has 0 fully saturated rings. The summed E-state index contributed by atoms with van der Waals surface area (Å²) in [4.78, 5) is 2.54. The summed E-state index contributed by atoms with van der Waals surface area (Å²) < 4.78 is 2.67. The minimum Gasteiger partial charge on any atom is -0.310 e. The molecule has 1 heterocycles. The predicted molar refractivity (Wildman–Crippen MR) is 229 cm³/mol. The van der Waals surface area contributed by atoms with Crippen molar-refractivity contribution in [2.45, 2.75) is 25.2 Å². The van der Waals surface area contributed by atoms with Crippen LogP contribution in [0.5, 0.6) is 0 Å². The van der Waals surface area contributed by atoms with Crippen LogP contribution in [0.4, 0.5) is 17.1 Å². The molecule has 2 heteroatoms. The predicted octanol–water partition coefficient (Wildman–Crippen LogP) is 14.5. The van der Waals surface area contributed by atoms with Gasteiger partial charge in [0.25, 0.3) is 0 Å². The summed E-state index contributed by atoms with van der Waals surface area (Å²) in [5.74, 6) is 0.374. The highest BCUT2D eigenvalue weighted by atomic mass is 32.1. The number of fused-ring (bicyclic) bond motifs is 11. The van der Waals surface area contributed by atoms with Crippen molar-refractivity contribution >= 4 is 48.6 Å². The monoisotopic (exact) mass is 705 g/mol. The maximum atomic E-state index is 2.54. The van der Waals surface area contributed by atoms with E-state index in [0.29, 0.717) is 5.92 Å². The Hall–Kier alpha value is -6.22. The average Bonchev–Trinajstić information content (AvgIpc) is 3.85. The van der Waals surface area contributed by atoms with Crippen molar-refractivity contribution in [1.29, 1.82) is 0 Å². The van der Waals surface area contributed by atoms with Gasteiger partial charge in [-0.15, -0.1) is 11.3 Å². The summed E-state index contributed by atoms with van der Waals surface area (Å²) in [5.41, 5.74) is 21.5. The van der Waals surface area contributed by atoms with E-state index < -0.39 is 0 Å². The van der Waals surface area contributed by atoms with Gasteiger partial charge in [0.2, 0.25) is 0 Å².